The minimum absolute atomic E-state index is 0.384. The molecule has 3 aromatic heterocycles. The van der Waals surface area contributed by atoms with Gasteiger partial charge in [-0.25, -0.2) is 9.97 Å². The SMILES string of the molecule is C[C@@H](c1cccs1)N(C)Cc1cnc(-c2ccco2)nc1. The second-order valence-electron chi connectivity index (χ2n) is 5.00. The highest BCUT2D eigenvalue weighted by atomic mass is 32.1. The van der Waals surface area contributed by atoms with E-state index in [-0.39, 0.29) is 0 Å². The molecule has 0 unspecified atom stereocenters. The first-order chi connectivity index (χ1) is 10.2. The molecule has 4 nitrogen and oxygen atoms in total. The van der Waals surface area contributed by atoms with Crippen LogP contribution in [0.2, 0.25) is 0 Å². The van der Waals surface area contributed by atoms with Gasteiger partial charge >= 0.3 is 0 Å². The van der Waals surface area contributed by atoms with Gasteiger partial charge < -0.3 is 4.42 Å². The molecule has 0 N–H and O–H groups in total. The molecule has 3 aromatic rings. The monoisotopic (exact) mass is 299 g/mol. The van der Waals surface area contributed by atoms with Crippen LogP contribution in [0.4, 0.5) is 0 Å². The van der Waals surface area contributed by atoms with E-state index in [0.717, 1.165) is 12.1 Å². The molecule has 0 saturated heterocycles. The van der Waals surface area contributed by atoms with Crippen LogP contribution in [0.15, 0.2) is 52.7 Å². The Labute approximate surface area is 128 Å². The third-order valence-electron chi connectivity index (χ3n) is 3.49. The van der Waals surface area contributed by atoms with Crippen molar-refractivity contribution in [2.75, 3.05) is 7.05 Å². The van der Waals surface area contributed by atoms with E-state index in [1.54, 1.807) is 17.6 Å². The van der Waals surface area contributed by atoms with Crippen molar-refractivity contribution in [1.29, 1.82) is 0 Å². The Morgan fingerprint density at radius 1 is 1.24 bits per heavy atom. The standard InChI is InChI=1S/C16H17N3OS/c1-12(15-6-4-8-21-15)19(2)11-13-9-17-16(18-10-13)14-5-3-7-20-14/h3-10,12H,11H2,1-2H3/t12-/m0/s1. The van der Waals surface area contributed by atoms with Crippen LogP contribution in [0.3, 0.4) is 0 Å². The Morgan fingerprint density at radius 2 is 2.05 bits per heavy atom. The number of thiophene rings is 1. The molecule has 3 heterocycles. The van der Waals surface area contributed by atoms with Crippen LogP contribution in [0.1, 0.15) is 23.4 Å². The molecule has 108 valence electrons. The zero-order chi connectivity index (χ0) is 14.7. The van der Waals surface area contributed by atoms with E-state index in [1.807, 2.05) is 24.5 Å². The van der Waals surface area contributed by atoms with E-state index in [4.69, 9.17) is 4.42 Å². The maximum absolute atomic E-state index is 5.29. The molecule has 0 radical (unpaired) electrons. The fourth-order valence-electron chi connectivity index (χ4n) is 2.14. The minimum atomic E-state index is 0.384. The van der Waals surface area contributed by atoms with Gasteiger partial charge in [-0.1, -0.05) is 6.07 Å². The van der Waals surface area contributed by atoms with Crippen LogP contribution >= 0.6 is 11.3 Å². The van der Waals surface area contributed by atoms with Crippen molar-refractivity contribution in [3.8, 4) is 11.6 Å². The van der Waals surface area contributed by atoms with Crippen LogP contribution in [0, 0.1) is 0 Å². The number of furan rings is 1. The van der Waals surface area contributed by atoms with E-state index >= 15 is 0 Å². The van der Waals surface area contributed by atoms with Crippen LogP contribution in [-0.2, 0) is 6.54 Å². The molecule has 0 aliphatic carbocycles. The summed E-state index contributed by atoms with van der Waals surface area (Å²) in [5, 5.41) is 2.11. The summed E-state index contributed by atoms with van der Waals surface area (Å²) in [6.07, 6.45) is 5.36. The highest BCUT2D eigenvalue weighted by Crippen LogP contribution is 2.24. The molecule has 5 heteroatoms. The van der Waals surface area contributed by atoms with Gasteiger partial charge in [-0.05, 0) is 37.6 Å². The van der Waals surface area contributed by atoms with Crippen molar-refractivity contribution in [2.24, 2.45) is 0 Å². The van der Waals surface area contributed by atoms with E-state index in [0.29, 0.717) is 17.6 Å². The van der Waals surface area contributed by atoms with Crippen LogP contribution < -0.4 is 0 Å². The third kappa shape index (κ3) is 3.20. The third-order valence-corrected chi connectivity index (χ3v) is 4.54. The van der Waals surface area contributed by atoms with Gasteiger partial charge in [0.25, 0.3) is 0 Å². The first kappa shape index (κ1) is 14.0. The van der Waals surface area contributed by atoms with Gasteiger partial charge in [0, 0.05) is 35.4 Å². The molecule has 21 heavy (non-hydrogen) atoms. The molecule has 0 spiro atoms. The van der Waals surface area contributed by atoms with Gasteiger partial charge in [0.2, 0.25) is 0 Å². The first-order valence-corrected chi connectivity index (χ1v) is 7.70. The van der Waals surface area contributed by atoms with Crippen molar-refractivity contribution < 1.29 is 4.42 Å². The number of hydrogen-bond acceptors (Lipinski definition) is 5. The maximum atomic E-state index is 5.29. The molecule has 3 rings (SSSR count). The van der Waals surface area contributed by atoms with Crippen molar-refractivity contribution in [3.63, 3.8) is 0 Å². The number of rotatable bonds is 5. The quantitative estimate of drug-likeness (QED) is 0.714. The average Bonchev–Trinajstić information content (AvgIpc) is 3.20. The van der Waals surface area contributed by atoms with Crippen molar-refractivity contribution in [3.05, 3.63) is 58.7 Å². The summed E-state index contributed by atoms with van der Waals surface area (Å²) in [6, 6.07) is 8.34. The molecule has 0 aliphatic heterocycles. The summed E-state index contributed by atoms with van der Waals surface area (Å²) in [5.41, 5.74) is 1.09. The normalized spacial score (nSPS) is 12.7. The lowest BCUT2D eigenvalue weighted by molar-refractivity contribution is 0.256. The summed E-state index contributed by atoms with van der Waals surface area (Å²) in [5.74, 6) is 1.32. The van der Waals surface area contributed by atoms with E-state index in [2.05, 4.69) is 46.4 Å². The van der Waals surface area contributed by atoms with Gasteiger partial charge in [-0.3, -0.25) is 4.90 Å². The van der Waals surface area contributed by atoms with Gasteiger partial charge in [0.05, 0.1) is 6.26 Å². The molecule has 0 fully saturated rings. The predicted octanol–water partition coefficient (Wildman–Crippen LogP) is 3.99. The molecule has 0 saturated carbocycles. The molecule has 0 aliphatic rings. The summed E-state index contributed by atoms with van der Waals surface area (Å²) < 4.78 is 5.29. The number of nitrogens with zero attached hydrogens (tertiary/aromatic N) is 3. The molecule has 1 atom stereocenters. The molecular weight excluding hydrogens is 282 g/mol. The minimum Gasteiger partial charge on any atom is -0.461 e. The van der Waals surface area contributed by atoms with E-state index in [9.17, 15) is 0 Å². The summed E-state index contributed by atoms with van der Waals surface area (Å²) in [4.78, 5) is 12.4. The topological polar surface area (TPSA) is 42.2 Å². The zero-order valence-corrected chi connectivity index (χ0v) is 12.9. The Bertz CT molecular complexity index is 662. The molecular formula is C16H17N3OS. The molecule has 0 bridgehead atoms. The fraction of sp³-hybridized carbons (Fsp3) is 0.250. The second kappa shape index (κ2) is 6.20. The van der Waals surface area contributed by atoms with E-state index < -0.39 is 0 Å². The van der Waals surface area contributed by atoms with Crippen LogP contribution in [0.25, 0.3) is 11.6 Å². The van der Waals surface area contributed by atoms with Crippen LogP contribution in [-0.4, -0.2) is 21.9 Å². The first-order valence-electron chi connectivity index (χ1n) is 6.82. The maximum Gasteiger partial charge on any atom is 0.195 e. The van der Waals surface area contributed by atoms with Crippen molar-refractivity contribution >= 4 is 11.3 Å². The fourth-order valence-corrected chi connectivity index (χ4v) is 2.99. The Balaban J connectivity index is 1.68. The summed E-state index contributed by atoms with van der Waals surface area (Å²) in [7, 11) is 2.12. The van der Waals surface area contributed by atoms with Crippen molar-refractivity contribution in [1.82, 2.24) is 14.9 Å². The molecule has 0 aromatic carbocycles. The molecule has 0 amide bonds. The summed E-state index contributed by atoms with van der Waals surface area (Å²) in [6.45, 7) is 3.03. The van der Waals surface area contributed by atoms with Gasteiger partial charge in [-0.15, -0.1) is 11.3 Å². The number of aromatic nitrogens is 2. The Morgan fingerprint density at radius 3 is 2.67 bits per heavy atom. The summed E-state index contributed by atoms with van der Waals surface area (Å²) >= 11 is 1.79. The van der Waals surface area contributed by atoms with Crippen molar-refractivity contribution in [2.45, 2.75) is 19.5 Å². The smallest absolute Gasteiger partial charge is 0.195 e. The lowest BCUT2D eigenvalue weighted by Gasteiger charge is -2.23. The Kier molecular flexibility index (Phi) is 4.13. The highest BCUT2D eigenvalue weighted by Gasteiger charge is 2.13. The highest BCUT2D eigenvalue weighted by molar-refractivity contribution is 7.10. The van der Waals surface area contributed by atoms with E-state index in [1.165, 1.54) is 4.88 Å². The lowest BCUT2D eigenvalue weighted by atomic mass is 10.2. The van der Waals surface area contributed by atoms with Gasteiger partial charge in [0.15, 0.2) is 11.6 Å². The largest absolute Gasteiger partial charge is 0.461 e. The van der Waals surface area contributed by atoms with Gasteiger partial charge in [0.1, 0.15) is 0 Å². The average molecular weight is 299 g/mol. The van der Waals surface area contributed by atoms with Crippen LogP contribution in [0.5, 0.6) is 0 Å². The second-order valence-corrected chi connectivity index (χ2v) is 5.98. The lowest BCUT2D eigenvalue weighted by Crippen LogP contribution is -2.21. The predicted molar refractivity (Wildman–Crippen MR) is 83.9 cm³/mol. The zero-order valence-electron chi connectivity index (χ0n) is 12.1. The number of hydrogen-bond donors (Lipinski definition) is 0. The Hall–Kier alpha value is -1.98. The van der Waals surface area contributed by atoms with Gasteiger partial charge in [-0.2, -0.15) is 0 Å².